The van der Waals surface area contributed by atoms with E-state index in [1.807, 2.05) is 27.0 Å². The van der Waals surface area contributed by atoms with E-state index in [2.05, 4.69) is 34.9 Å². The molecule has 0 aromatic carbocycles. The van der Waals surface area contributed by atoms with Crippen LogP contribution in [-0.2, 0) is 4.79 Å². The molecule has 3 atom stereocenters. The molecule has 0 amide bonds. The Hall–Kier alpha value is -1.58. The lowest BCUT2D eigenvalue weighted by Crippen LogP contribution is -2.32. The zero-order valence-corrected chi connectivity index (χ0v) is 14.3. The van der Waals surface area contributed by atoms with Crippen molar-refractivity contribution in [2.24, 2.45) is 22.7 Å². The summed E-state index contributed by atoms with van der Waals surface area (Å²) in [5.74, 6) is 3.30. The highest BCUT2D eigenvalue weighted by Crippen LogP contribution is 2.37. The summed E-state index contributed by atoms with van der Waals surface area (Å²) in [5.41, 5.74) is 0. The molecule has 22 heavy (non-hydrogen) atoms. The second-order valence-corrected chi connectivity index (χ2v) is 6.92. The molecule has 122 valence electrons. The number of Topliss-reactive ketones (excluding diaryl/α,β-unsaturated/α-hetero) is 1. The fraction of sp³-hybridized carbons (Fsp3) is 0.667. The summed E-state index contributed by atoms with van der Waals surface area (Å²) < 4.78 is 0. The van der Waals surface area contributed by atoms with Crippen LogP contribution in [0.2, 0.25) is 0 Å². The Bertz CT molecular complexity index is 493. The second kappa shape index (κ2) is 7.12. The number of ketones is 1. The summed E-state index contributed by atoms with van der Waals surface area (Å²) in [6, 6.07) is 0.465. The minimum absolute atomic E-state index is 0.152. The third-order valence-corrected chi connectivity index (χ3v) is 5.01. The molecule has 0 aromatic rings. The van der Waals surface area contributed by atoms with Gasteiger partial charge in [-0.1, -0.05) is 27.4 Å². The highest BCUT2D eigenvalue weighted by Gasteiger charge is 2.33. The zero-order chi connectivity index (χ0) is 16.3. The van der Waals surface area contributed by atoms with E-state index >= 15 is 0 Å². The molecule has 1 saturated carbocycles. The molecule has 4 nitrogen and oxygen atoms in total. The van der Waals surface area contributed by atoms with Gasteiger partial charge in [0, 0.05) is 31.6 Å². The molecule has 1 N–H and O–H groups in total. The first-order valence-electron chi connectivity index (χ1n) is 8.37. The number of hydrogen-bond acceptors (Lipinski definition) is 4. The second-order valence-electron chi connectivity index (χ2n) is 6.92. The molecule has 2 aliphatic rings. The maximum absolute atomic E-state index is 12.0. The van der Waals surface area contributed by atoms with E-state index in [1.54, 1.807) is 0 Å². The summed E-state index contributed by atoms with van der Waals surface area (Å²) in [5, 5.41) is 3.04. The van der Waals surface area contributed by atoms with Crippen LogP contribution in [0.25, 0.3) is 0 Å². The van der Waals surface area contributed by atoms with Gasteiger partial charge >= 0.3 is 0 Å². The van der Waals surface area contributed by atoms with Crippen molar-refractivity contribution < 1.29 is 4.79 Å². The lowest BCUT2D eigenvalue weighted by molar-refractivity contribution is -0.123. The summed E-state index contributed by atoms with van der Waals surface area (Å²) in [6.07, 6.45) is 8.26. The van der Waals surface area contributed by atoms with Crippen molar-refractivity contribution in [1.29, 1.82) is 0 Å². The molecule has 1 aliphatic carbocycles. The fourth-order valence-corrected chi connectivity index (χ4v) is 3.42. The largest absolute Gasteiger partial charge is 0.373 e. The van der Waals surface area contributed by atoms with Crippen LogP contribution in [0, 0.1) is 17.8 Å². The van der Waals surface area contributed by atoms with Gasteiger partial charge in [0.1, 0.15) is 17.4 Å². The van der Waals surface area contributed by atoms with Crippen molar-refractivity contribution >= 4 is 11.6 Å². The van der Waals surface area contributed by atoms with Crippen LogP contribution in [-0.4, -0.2) is 29.6 Å². The van der Waals surface area contributed by atoms with E-state index in [0.29, 0.717) is 30.1 Å². The van der Waals surface area contributed by atoms with Crippen LogP contribution in [0.15, 0.2) is 29.7 Å². The van der Waals surface area contributed by atoms with Crippen LogP contribution >= 0.6 is 0 Å². The lowest BCUT2D eigenvalue weighted by atomic mass is 9.86. The van der Waals surface area contributed by atoms with Crippen molar-refractivity contribution in [2.75, 3.05) is 7.05 Å². The van der Waals surface area contributed by atoms with Gasteiger partial charge in [-0.15, -0.1) is 0 Å². The van der Waals surface area contributed by atoms with Crippen molar-refractivity contribution in [3.05, 3.63) is 24.7 Å². The molecule has 0 radical (unpaired) electrons. The standard InChI is InChI=1S/C18H29N3O/c1-12(2)17(22)10-13(3)15-6-7-16(11-15)21-9-8-18(19-5)20-14(21)4/h8-9,12-13,15-16H,4,6-7,10-11H2,1-3,5H3,(H,19,20). The normalized spacial score (nSPS) is 26.3. The molecule has 1 heterocycles. The van der Waals surface area contributed by atoms with Crippen LogP contribution in [0.3, 0.4) is 0 Å². The third-order valence-electron chi connectivity index (χ3n) is 5.01. The Kier molecular flexibility index (Phi) is 5.43. The Morgan fingerprint density at radius 2 is 2.18 bits per heavy atom. The predicted molar refractivity (Wildman–Crippen MR) is 91.4 cm³/mol. The quantitative estimate of drug-likeness (QED) is 0.847. The first-order chi connectivity index (χ1) is 10.4. The van der Waals surface area contributed by atoms with Gasteiger partial charge in [0.15, 0.2) is 0 Å². The van der Waals surface area contributed by atoms with Gasteiger partial charge < -0.3 is 10.2 Å². The minimum Gasteiger partial charge on any atom is -0.373 e. The van der Waals surface area contributed by atoms with Gasteiger partial charge in [-0.2, -0.15) is 0 Å². The number of amidine groups is 1. The van der Waals surface area contributed by atoms with E-state index in [9.17, 15) is 4.79 Å². The molecule has 1 aliphatic heterocycles. The van der Waals surface area contributed by atoms with Gasteiger partial charge in [0.05, 0.1) is 0 Å². The van der Waals surface area contributed by atoms with E-state index in [1.165, 1.54) is 6.42 Å². The van der Waals surface area contributed by atoms with Crippen LogP contribution < -0.4 is 5.32 Å². The van der Waals surface area contributed by atoms with Crippen molar-refractivity contribution in [1.82, 2.24) is 10.2 Å². The summed E-state index contributed by atoms with van der Waals surface area (Å²) in [6.45, 7) is 10.3. The molecule has 4 heteroatoms. The van der Waals surface area contributed by atoms with Gasteiger partial charge in [-0.05, 0) is 37.2 Å². The Balaban J connectivity index is 1.91. The van der Waals surface area contributed by atoms with Gasteiger partial charge in [-0.25, -0.2) is 4.99 Å². The van der Waals surface area contributed by atoms with Gasteiger partial charge in [0.2, 0.25) is 0 Å². The van der Waals surface area contributed by atoms with Crippen LogP contribution in [0.1, 0.15) is 46.5 Å². The first-order valence-corrected chi connectivity index (χ1v) is 8.37. The number of hydrogen-bond donors (Lipinski definition) is 1. The summed E-state index contributed by atoms with van der Waals surface area (Å²) >= 11 is 0. The minimum atomic E-state index is 0.152. The van der Waals surface area contributed by atoms with Crippen molar-refractivity contribution in [3.63, 3.8) is 0 Å². The molecule has 2 rings (SSSR count). The zero-order valence-electron chi connectivity index (χ0n) is 14.3. The Labute approximate surface area is 134 Å². The molecular formula is C18H29N3O. The molecule has 0 saturated heterocycles. The van der Waals surface area contributed by atoms with Crippen LogP contribution in [0.5, 0.6) is 0 Å². The average Bonchev–Trinajstić information content (AvgIpc) is 2.96. The molecule has 3 unspecified atom stereocenters. The monoisotopic (exact) mass is 303 g/mol. The highest BCUT2D eigenvalue weighted by atomic mass is 16.1. The molecule has 0 aromatic heterocycles. The first kappa shape index (κ1) is 16.8. The molecular weight excluding hydrogens is 274 g/mol. The maximum atomic E-state index is 12.0. The number of rotatable bonds is 5. The number of carbonyl (C=O) groups excluding carboxylic acids is 1. The fourth-order valence-electron chi connectivity index (χ4n) is 3.42. The molecule has 0 bridgehead atoms. The number of carbonyl (C=O) groups is 1. The van der Waals surface area contributed by atoms with E-state index in [-0.39, 0.29) is 5.92 Å². The predicted octanol–water partition coefficient (Wildman–Crippen LogP) is 3.32. The number of nitrogens with zero attached hydrogens (tertiary/aromatic N) is 2. The SMILES string of the molecule is C=C1N=C(NC)C=CN1C1CCC(C(C)CC(=O)C(C)C)C1. The lowest BCUT2D eigenvalue weighted by Gasteiger charge is -2.30. The maximum Gasteiger partial charge on any atom is 0.135 e. The van der Waals surface area contributed by atoms with E-state index < -0.39 is 0 Å². The smallest absolute Gasteiger partial charge is 0.135 e. The number of nitrogens with one attached hydrogen (secondary N) is 1. The van der Waals surface area contributed by atoms with Gasteiger partial charge in [0.25, 0.3) is 0 Å². The molecule has 1 fully saturated rings. The summed E-state index contributed by atoms with van der Waals surface area (Å²) in [7, 11) is 1.87. The topological polar surface area (TPSA) is 44.7 Å². The van der Waals surface area contributed by atoms with E-state index in [4.69, 9.17) is 0 Å². The van der Waals surface area contributed by atoms with Crippen molar-refractivity contribution in [2.45, 2.75) is 52.5 Å². The number of likely N-dealkylation sites (N-methyl/N-ethyl adjacent to an activating group) is 1. The van der Waals surface area contributed by atoms with E-state index in [0.717, 1.165) is 24.5 Å². The highest BCUT2D eigenvalue weighted by molar-refractivity contribution is 5.94. The average molecular weight is 303 g/mol. The summed E-state index contributed by atoms with van der Waals surface area (Å²) in [4.78, 5) is 18.6. The Morgan fingerprint density at radius 3 is 2.77 bits per heavy atom. The van der Waals surface area contributed by atoms with Crippen molar-refractivity contribution in [3.8, 4) is 0 Å². The molecule has 0 spiro atoms. The van der Waals surface area contributed by atoms with Gasteiger partial charge in [-0.3, -0.25) is 4.79 Å². The van der Waals surface area contributed by atoms with Crippen LogP contribution in [0.4, 0.5) is 0 Å². The third kappa shape index (κ3) is 3.79. The number of aliphatic imine (C=N–C) groups is 1. The Morgan fingerprint density at radius 1 is 1.45 bits per heavy atom.